The third-order valence-corrected chi connectivity index (χ3v) is 5.56. The first-order chi connectivity index (χ1) is 14.9. The van der Waals surface area contributed by atoms with E-state index < -0.39 is 29.5 Å². The SMILES string of the molecule is C=CCn1c(=O)n(CC=C)c(=O)n(CC(=O)NC(C)c2ccc3c(c2)CCCC3)c1=O. The van der Waals surface area contributed by atoms with Gasteiger partial charge in [-0.05, 0) is 49.3 Å². The van der Waals surface area contributed by atoms with E-state index in [2.05, 4.69) is 30.6 Å². The molecule has 1 atom stereocenters. The summed E-state index contributed by atoms with van der Waals surface area (Å²) < 4.78 is 2.51. The highest BCUT2D eigenvalue weighted by molar-refractivity contribution is 5.76. The minimum Gasteiger partial charge on any atom is -0.348 e. The van der Waals surface area contributed by atoms with Gasteiger partial charge in [0.05, 0.1) is 19.1 Å². The van der Waals surface area contributed by atoms with Gasteiger partial charge in [-0.3, -0.25) is 4.79 Å². The summed E-state index contributed by atoms with van der Waals surface area (Å²) in [6, 6.07) is 5.94. The number of allylic oxidation sites excluding steroid dienone is 2. The van der Waals surface area contributed by atoms with Gasteiger partial charge in [0.25, 0.3) is 0 Å². The molecule has 0 saturated carbocycles. The van der Waals surface area contributed by atoms with Crippen molar-refractivity contribution in [1.82, 2.24) is 19.0 Å². The lowest BCUT2D eigenvalue weighted by atomic mass is 9.89. The van der Waals surface area contributed by atoms with Gasteiger partial charge in [0.15, 0.2) is 0 Å². The molecule has 0 saturated heterocycles. The van der Waals surface area contributed by atoms with Crippen LogP contribution in [0.25, 0.3) is 0 Å². The summed E-state index contributed by atoms with van der Waals surface area (Å²) in [6.45, 7) is 8.31. The first-order valence-corrected chi connectivity index (χ1v) is 10.4. The van der Waals surface area contributed by atoms with Gasteiger partial charge < -0.3 is 5.32 Å². The van der Waals surface area contributed by atoms with Gasteiger partial charge >= 0.3 is 17.1 Å². The molecule has 1 unspecified atom stereocenters. The van der Waals surface area contributed by atoms with Crippen molar-refractivity contribution in [2.45, 2.75) is 58.3 Å². The Bertz CT molecular complexity index is 1140. The molecule has 1 amide bonds. The fourth-order valence-electron chi connectivity index (χ4n) is 3.93. The molecule has 1 aliphatic carbocycles. The smallest absolute Gasteiger partial charge is 0.337 e. The zero-order chi connectivity index (χ0) is 22.5. The second-order valence-corrected chi connectivity index (χ2v) is 7.76. The Hall–Kier alpha value is -3.42. The molecule has 0 spiro atoms. The lowest BCUT2D eigenvalue weighted by molar-refractivity contribution is -0.122. The highest BCUT2D eigenvalue weighted by Crippen LogP contribution is 2.24. The summed E-state index contributed by atoms with van der Waals surface area (Å²) >= 11 is 0. The minimum absolute atomic E-state index is 0.0672. The topological polar surface area (TPSA) is 95.1 Å². The van der Waals surface area contributed by atoms with Crippen LogP contribution in [0.1, 0.15) is 42.5 Å². The van der Waals surface area contributed by atoms with Gasteiger partial charge in [-0.15, -0.1) is 13.2 Å². The molecule has 1 aromatic heterocycles. The molecule has 1 aromatic carbocycles. The lowest BCUT2D eigenvalue weighted by Crippen LogP contribution is -2.55. The number of nitrogens with zero attached hydrogens (tertiary/aromatic N) is 3. The van der Waals surface area contributed by atoms with Gasteiger partial charge in [-0.2, -0.15) is 0 Å². The molecule has 8 nitrogen and oxygen atoms in total. The average molecular weight is 425 g/mol. The average Bonchev–Trinajstić information content (AvgIpc) is 2.77. The van der Waals surface area contributed by atoms with Crippen molar-refractivity contribution >= 4 is 5.91 Å². The second-order valence-electron chi connectivity index (χ2n) is 7.76. The predicted molar refractivity (Wildman–Crippen MR) is 119 cm³/mol. The molecule has 31 heavy (non-hydrogen) atoms. The van der Waals surface area contributed by atoms with Crippen molar-refractivity contribution in [2.75, 3.05) is 0 Å². The first-order valence-electron chi connectivity index (χ1n) is 10.4. The fourth-order valence-corrected chi connectivity index (χ4v) is 3.93. The molecule has 0 radical (unpaired) electrons. The summed E-state index contributed by atoms with van der Waals surface area (Å²) in [6.07, 6.45) is 7.24. The number of amides is 1. The largest absolute Gasteiger partial charge is 0.348 e. The van der Waals surface area contributed by atoms with E-state index in [1.54, 1.807) is 0 Å². The van der Waals surface area contributed by atoms with Gasteiger partial charge in [-0.25, -0.2) is 28.1 Å². The Balaban J connectivity index is 1.85. The number of hydrogen-bond donors (Lipinski definition) is 1. The number of aryl methyl sites for hydroxylation is 2. The molecule has 0 fully saturated rings. The lowest BCUT2D eigenvalue weighted by Gasteiger charge is -2.20. The Morgan fingerprint density at radius 1 is 0.968 bits per heavy atom. The van der Waals surface area contributed by atoms with Crippen molar-refractivity contribution in [3.05, 3.63) is 91.7 Å². The van der Waals surface area contributed by atoms with Crippen molar-refractivity contribution in [3.8, 4) is 0 Å². The Labute approximate surface area is 180 Å². The highest BCUT2D eigenvalue weighted by atomic mass is 16.2. The standard InChI is InChI=1S/C23H28N4O4/c1-4-12-25-21(29)26(13-5-2)23(31)27(22(25)30)15-20(28)24-16(3)18-11-10-17-8-6-7-9-19(17)14-18/h4-5,10-11,14,16H,1-2,6-9,12-13,15H2,3H3,(H,24,28). The van der Waals surface area contributed by atoms with Crippen LogP contribution in [0, 0.1) is 0 Å². The van der Waals surface area contributed by atoms with Crippen molar-refractivity contribution in [1.29, 1.82) is 0 Å². The zero-order valence-corrected chi connectivity index (χ0v) is 17.8. The molecule has 0 aliphatic heterocycles. The molecule has 1 N–H and O–H groups in total. The van der Waals surface area contributed by atoms with Gasteiger partial charge in [-0.1, -0.05) is 30.4 Å². The van der Waals surface area contributed by atoms with Crippen molar-refractivity contribution in [2.24, 2.45) is 0 Å². The quantitative estimate of drug-likeness (QED) is 0.646. The maximum Gasteiger partial charge on any atom is 0.337 e. The highest BCUT2D eigenvalue weighted by Gasteiger charge is 2.18. The van der Waals surface area contributed by atoms with Gasteiger partial charge in [0.2, 0.25) is 5.91 Å². The van der Waals surface area contributed by atoms with Gasteiger partial charge in [0, 0.05) is 0 Å². The van der Waals surface area contributed by atoms with E-state index >= 15 is 0 Å². The van der Waals surface area contributed by atoms with Crippen LogP contribution in [0.5, 0.6) is 0 Å². The summed E-state index contributed by atoms with van der Waals surface area (Å²) in [7, 11) is 0. The van der Waals surface area contributed by atoms with E-state index in [4.69, 9.17) is 0 Å². The Kier molecular flexibility index (Phi) is 6.89. The summed E-state index contributed by atoms with van der Waals surface area (Å²) in [5.74, 6) is -0.488. The van der Waals surface area contributed by atoms with Crippen LogP contribution < -0.4 is 22.4 Å². The molecule has 2 aromatic rings. The van der Waals surface area contributed by atoms with Crippen LogP contribution in [-0.4, -0.2) is 19.6 Å². The van der Waals surface area contributed by atoms with Crippen LogP contribution in [0.15, 0.2) is 57.9 Å². The number of hydrogen-bond acceptors (Lipinski definition) is 4. The van der Waals surface area contributed by atoms with Crippen molar-refractivity contribution < 1.29 is 4.79 Å². The number of benzene rings is 1. The number of carbonyl (C=O) groups is 1. The third-order valence-electron chi connectivity index (χ3n) is 5.56. The predicted octanol–water partition coefficient (Wildman–Crippen LogP) is 1.30. The van der Waals surface area contributed by atoms with E-state index in [0.717, 1.165) is 38.5 Å². The monoisotopic (exact) mass is 424 g/mol. The third kappa shape index (κ3) is 4.68. The maximum absolute atomic E-state index is 12.7. The second kappa shape index (κ2) is 9.59. The normalized spacial score (nSPS) is 13.8. The fraction of sp³-hybridized carbons (Fsp3) is 0.391. The summed E-state index contributed by atoms with van der Waals surface area (Å²) in [4.78, 5) is 50.4. The van der Waals surface area contributed by atoms with Crippen LogP contribution in [-0.2, 0) is 37.3 Å². The molecule has 0 bridgehead atoms. The van der Waals surface area contributed by atoms with Gasteiger partial charge in [0.1, 0.15) is 6.54 Å². The van der Waals surface area contributed by atoms with Crippen LogP contribution >= 0.6 is 0 Å². The molecule has 3 rings (SSSR count). The molecular weight excluding hydrogens is 396 g/mol. The Morgan fingerprint density at radius 2 is 1.52 bits per heavy atom. The summed E-state index contributed by atoms with van der Waals surface area (Å²) in [5, 5.41) is 2.85. The number of nitrogens with one attached hydrogen (secondary N) is 1. The molecular formula is C23H28N4O4. The minimum atomic E-state index is -0.841. The molecule has 1 aliphatic rings. The van der Waals surface area contributed by atoms with Crippen LogP contribution in [0.2, 0.25) is 0 Å². The van der Waals surface area contributed by atoms with E-state index in [1.165, 1.54) is 29.7 Å². The van der Waals surface area contributed by atoms with E-state index in [1.807, 2.05) is 13.0 Å². The number of fused-ring (bicyclic) bond motifs is 1. The molecule has 1 heterocycles. The first kappa shape index (κ1) is 22.3. The van der Waals surface area contributed by atoms with E-state index in [-0.39, 0.29) is 19.1 Å². The number of rotatable bonds is 8. The van der Waals surface area contributed by atoms with E-state index in [0.29, 0.717) is 0 Å². The Morgan fingerprint density at radius 3 is 2.10 bits per heavy atom. The molecule has 8 heteroatoms. The molecule has 164 valence electrons. The van der Waals surface area contributed by atoms with Crippen LogP contribution in [0.3, 0.4) is 0 Å². The summed E-state index contributed by atoms with van der Waals surface area (Å²) in [5.41, 5.74) is 1.20. The number of carbonyl (C=O) groups excluding carboxylic acids is 1. The van der Waals surface area contributed by atoms with Crippen molar-refractivity contribution in [3.63, 3.8) is 0 Å². The zero-order valence-electron chi connectivity index (χ0n) is 17.8. The maximum atomic E-state index is 12.7. The van der Waals surface area contributed by atoms with Crippen LogP contribution in [0.4, 0.5) is 0 Å². The number of aromatic nitrogens is 3. The van der Waals surface area contributed by atoms with E-state index in [9.17, 15) is 19.2 Å².